The van der Waals surface area contributed by atoms with Gasteiger partial charge in [0.15, 0.2) is 12.4 Å². The average Bonchev–Trinajstić information content (AvgIpc) is 2.67. The molecule has 0 fully saturated rings. The predicted molar refractivity (Wildman–Crippen MR) is 106 cm³/mol. The number of carbonyl (C=O) groups excluding carboxylic acids is 1. The molecule has 0 saturated heterocycles. The summed E-state index contributed by atoms with van der Waals surface area (Å²) in [5.74, 6) is 1.18. The summed E-state index contributed by atoms with van der Waals surface area (Å²) in [6.45, 7) is 0. The largest absolute Gasteiger partial charge is 0.392 e. The Labute approximate surface area is 156 Å². The van der Waals surface area contributed by atoms with Gasteiger partial charge in [0, 0.05) is 24.5 Å². The molecule has 0 aromatic carbocycles. The molecule has 0 aliphatic carbocycles. The fraction of sp³-hybridized carbons (Fsp3) is 0.476. The van der Waals surface area contributed by atoms with Gasteiger partial charge in [0.1, 0.15) is 0 Å². The maximum absolute atomic E-state index is 12.2. The lowest BCUT2D eigenvalue weighted by Gasteiger charge is -2.01. The number of aromatic nitrogens is 2. The van der Waals surface area contributed by atoms with E-state index in [1.165, 1.54) is 38.5 Å². The number of hydrogen-bond donors (Lipinski definition) is 1. The van der Waals surface area contributed by atoms with Gasteiger partial charge < -0.3 is 0 Å². The van der Waals surface area contributed by atoms with Gasteiger partial charge in [0.25, 0.3) is 0 Å². The molecule has 2 rings (SSSR count). The summed E-state index contributed by atoms with van der Waals surface area (Å²) in [6, 6.07) is 7.91. The third-order valence-corrected chi connectivity index (χ3v) is 4.75. The second kappa shape index (κ2) is 11.8. The van der Waals surface area contributed by atoms with Crippen LogP contribution in [0.1, 0.15) is 62.6 Å². The van der Waals surface area contributed by atoms with Crippen molar-refractivity contribution >= 4 is 18.5 Å². The summed E-state index contributed by atoms with van der Waals surface area (Å²) in [5, 5.41) is 0. The molecule has 0 atom stereocenters. The normalized spacial score (nSPS) is 10.8. The molecule has 134 valence electrons. The van der Waals surface area contributed by atoms with Crippen LogP contribution in [-0.2, 0) is 0 Å². The van der Waals surface area contributed by atoms with Crippen LogP contribution in [0, 0.1) is 0 Å². The topological polar surface area (TPSA) is 33.8 Å². The van der Waals surface area contributed by atoms with E-state index in [9.17, 15) is 4.79 Å². The van der Waals surface area contributed by atoms with E-state index in [4.69, 9.17) is 0 Å². The second-order valence-electron chi connectivity index (χ2n) is 6.43. The fourth-order valence-corrected chi connectivity index (χ4v) is 3.13. The minimum Gasteiger partial charge on any atom is -0.265 e. The van der Waals surface area contributed by atoms with Crippen LogP contribution in [0.2, 0.25) is 0 Å². The smallest absolute Gasteiger partial charge is 0.265 e. The van der Waals surface area contributed by atoms with Crippen molar-refractivity contribution in [2.45, 2.75) is 57.8 Å². The van der Waals surface area contributed by atoms with Gasteiger partial charge in [0.2, 0.25) is 0 Å². The van der Waals surface area contributed by atoms with Gasteiger partial charge in [-0.2, -0.15) is 12.6 Å². The number of unbranched alkanes of at least 4 members (excludes halogenated alkanes) is 7. The lowest BCUT2D eigenvalue weighted by molar-refractivity contribution is -0.574. The van der Waals surface area contributed by atoms with Gasteiger partial charge in [-0.1, -0.05) is 38.5 Å². The lowest BCUT2D eigenvalue weighted by atomic mass is 10.1. The summed E-state index contributed by atoms with van der Waals surface area (Å²) < 4.78 is 1.70. The Balaban J connectivity index is 1.64. The van der Waals surface area contributed by atoms with Crippen molar-refractivity contribution in [1.29, 1.82) is 0 Å². The Hall–Kier alpha value is -1.68. The molecule has 0 bridgehead atoms. The number of nitrogens with zero attached hydrogens (tertiary/aromatic N) is 2. The lowest BCUT2D eigenvalue weighted by Crippen LogP contribution is -2.41. The number of thiol groups is 1. The Morgan fingerprint density at radius 2 is 1.32 bits per heavy atom. The average molecular weight is 358 g/mol. The molecule has 0 N–H and O–H groups in total. The van der Waals surface area contributed by atoms with E-state index in [1.807, 2.05) is 36.7 Å². The number of pyridine rings is 2. The zero-order valence-corrected chi connectivity index (χ0v) is 15.8. The van der Waals surface area contributed by atoms with Crippen molar-refractivity contribution in [2.75, 3.05) is 5.75 Å². The maximum atomic E-state index is 12.2. The molecule has 0 unspecified atom stereocenters. The van der Waals surface area contributed by atoms with E-state index in [-0.39, 0.29) is 5.91 Å². The minimum atomic E-state index is 0.176. The first-order valence-electron chi connectivity index (χ1n) is 9.37. The molecule has 2 aromatic rings. The van der Waals surface area contributed by atoms with Crippen LogP contribution in [0.3, 0.4) is 0 Å². The van der Waals surface area contributed by atoms with Crippen molar-refractivity contribution in [3.05, 3.63) is 49.1 Å². The SMILES string of the molecule is O=C(CCCCCCCCCCS)[n+]1ccc(-c2ccncc2)cc1. The number of hydrogen-bond acceptors (Lipinski definition) is 3. The van der Waals surface area contributed by atoms with Gasteiger partial charge >= 0.3 is 5.91 Å². The molecular weight excluding hydrogens is 328 g/mol. The van der Waals surface area contributed by atoms with Gasteiger partial charge in [-0.3, -0.25) is 4.98 Å². The van der Waals surface area contributed by atoms with E-state index < -0.39 is 0 Å². The third-order valence-electron chi connectivity index (χ3n) is 4.43. The van der Waals surface area contributed by atoms with Crippen LogP contribution >= 0.6 is 12.6 Å². The molecule has 0 aliphatic rings. The molecule has 0 saturated carbocycles. The van der Waals surface area contributed by atoms with Crippen LogP contribution in [0.25, 0.3) is 11.1 Å². The van der Waals surface area contributed by atoms with Crippen molar-refractivity contribution in [3.8, 4) is 11.1 Å². The molecule has 0 spiro atoms. The Morgan fingerprint density at radius 3 is 1.92 bits per heavy atom. The van der Waals surface area contributed by atoms with Gasteiger partial charge in [-0.25, -0.2) is 4.79 Å². The van der Waals surface area contributed by atoms with Crippen LogP contribution < -0.4 is 4.57 Å². The predicted octanol–water partition coefficient (Wildman–Crippen LogP) is 5.12. The van der Waals surface area contributed by atoms with E-state index in [1.54, 1.807) is 17.0 Å². The van der Waals surface area contributed by atoms with Gasteiger partial charge in [-0.05, 0) is 41.9 Å². The van der Waals surface area contributed by atoms with Gasteiger partial charge in [-0.15, -0.1) is 4.57 Å². The highest BCUT2D eigenvalue weighted by Gasteiger charge is 2.13. The van der Waals surface area contributed by atoms with Crippen LogP contribution in [0.15, 0.2) is 49.1 Å². The maximum Gasteiger partial charge on any atom is 0.392 e. The molecule has 3 nitrogen and oxygen atoms in total. The first-order chi connectivity index (χ1) is 12.3. The third kappa shape index (κ3) is 7.39. The summed E-state index contributed by atoms with van der Waals surface area (Å²) in [7, 11) is 0. The molecule has 4 heteroatoms. The van der Waals surface area contributed by atoms with Crippen molar-refractivity contribution in [1.82, 2.24) is 4.98 Å². The molecule has 0 amide bonds. The summed E-state index contributed by atoms with van der Waals surface area (Å²) in [6.07, 6.45) is 17.7. The molecular formula is C21H29N2OS+. The summed E-state index contributed by atoms with van der Waals surface area (Å²) in [5.41, 5.74) is 2.22. The molecule has 0 radical (unpaired) electrons. The Morgan fingerprint density at radius 1 is 0.800 bits per heavy atom. The summed E-state index contributed by atoms with van der Waals surface area (Å²) >= 11 is 4.23. The highest BCUT2D eigenvalue weighted by molar-refractivity contribution is 7.80. The van der Waals surface area contributed by atoms with Crippen molar-refractivity contribution < 1.29 is 9.36 Å². The van der Waals surface area contributed by atoms with Crippen molar-refractivity contribution in [3.63, 3.8) is 0 Å². The second-order valence-corrected chi connectivity index (χ2v) is 6.87. The number of rotatable bonds is 11. The molecule has 0 aliphatic heterocycles. The van der Waals surface area contributed by atoms with E-state index in [0.717, 1.165) is 29.7 Å². The zero-order valence-electron chi connectivity index (χ0n) is 14.9. The fourth-order valence-electron chi connectivity index (χ4n) is 2.91. The molecule has 2 aromatic heterocycles. The first-order valence-corrected chi connectivity index (χ1v) is 10.0. The monoisotopic (exact) mass is 357 g/mol. The standard InChI is InChI=1S/C21H28N2OS/c24-21(9-7-5-3-1-2-4-6-8-18-25)23-16-12-20(13-17-23)19-10-14-22-15-11-19/h10-17H,1-9,18H2/p+1. The summed E-state index contributed by atoms with van der Waals surface area (Å²) in [4.78, 5) is 16.3. The van der Waals surface area contributed by atoms with E-state index in [0.29, 0.717) is 6.42 Å². The van der Waals surface area contributed by atoms with Crippen LogP contribution in [0.4, 0.5) is 0 Å². The highest BCUT2D eigenvalue weighted by atomic mass is 32.1. The van der Waals surface area contributed by atoms with E-state index >= 15 is 0 Å². The first kappa shape index (κ1) is 19.6. The van der Waals surface area contributed by atoms with E-state index in [2.05, 4.69) is 17.6 Å². The number of carbonyl (C=O) groups is 1. The Kier molecular flexibility index (Phi) is 9.27. The quantitative estimate of drug-likeness (QED) is 0.344. The highest BCUT2D eigenvalue weighted by Crippen LogP contribution is 2.16. The van der Waals surface area contributed by atoms with Crippen LogP contribution in [-0.4, -0.2) is 16.6 Å². The zero-order chi connectivity index (χ0) is 17.7. The molecule has 25 heavy (non-hydrogen) atoms. The van der Waals surface area contributed by atoms with Gasteiger partial charge in [0.05, 0.1) is 6.42 Å². The van der Waals surface area contributed by atoms with Crippen molar-refractivity contribution in [2.24, 2.45) is 0 Å². The Bertz CT molecular complexity index is 614. The molecule has 2 heterocycles. The minimum absolute atomic E-state index is 0.176. The van der Waals surface area contributed by atoms with Crippen LogP contribution in [0.5, 0.6) is 0 Å².